The number of ether oxygens (including phenoxy) is 2. The first-order chi connectivity index (χ1) is 9.53. The maximum absolute atomic E-state index is 12.1. The van der Waals surface area contributed by atoms with E-state index in [0.29, 0.717) is 19.6 Å². The van der Waals surface area contributed by atoms with Gasteiger partial charge in [0.05, 0.1) is 13.2 Å². The summed E-state index contributed by atoms with van der Waals surface area (Å²) in [5, 5.41) is 0. The molecule has 20 heavy (non-hydrogen) atoms. The van der Waals surface area contributed by atoms with Crippen molar-refractivity contribution in [2.45, 2.75) is 39.7 Å². The molecule has 0 saturated carbocycles. The van der Waals surface area contributed by atoms with Crippen molar-refractivity contribution in [1.82, 2.24) is 4.57 Å². The molecule has 0 N–H and O–H groups in total. The van der Waals surface area contributed by atoms with Crippen LogP contribution in [0, 0.1) is 5.41 Å². The van der Waals surface area contributed by atoms with Crippen molar-refractivity contribution in [2.75, 3.05) is 26.9 Å². The monoisotopic (exact) mass is 279 g/mol. The number of aromatic nitrogens is 1. The molecule has 0 fully saturated rings. The molecule has 1 aromatic heterocycles. The summed E-state index contributed by atoms with van der Waals surface area (Å²) >= 11 is 0. The molecule has 0 bridgehead atoms. The molecule has 0 spiro atoms. The topological polar surface area (TPSA) is 40.5 Å². The highest BCUT2D eigenvalue weighted by molar-refractivity contribution is 5.98. The summed E-state index contributed by atoms with van der Waals surface area (Å²) in [6.07, 6.45) is 4.63. The lowest BCUT2D eigenvalue weighted by molar-refractivity contribution is 0.0679. The lowest BCUT2D eigenvalue weighted by Crippen LogP contribution is -2.28. The molecule has 4 heteroatoms. The molecule has 1 aromatic rings. The van der Waals surface area contributed by atoms with Gasteiger partial charge in [-0.25, -0.2) is 0 Å². The highest BCUT2D eigenvalue weighted by Crippen LogP contribution is 2.35. The Kier molecular flexibility index (Phi) is 5.00. The zero-order chi connectivity index (χ0) is 14.6. The van der Waals surface area contributed by atoms with Crippen LogP contribution in [0.15, 0.2) is 12.3 Å². The summed E-state index contributed by atoms with van der Waals surface area (Å²) in [4.78, 5) is 12.1. The van der Waals surface area contributed by atoms with E-state index in [9.17, 15) is 4.79 Å². The summed E-state index contributed by atoms with van der Waals surface area (Å²) in [6.45, 7) is 7.25. The first-order valence-corrected chi connectivity index (χ1v) is 7.31. The fourth-order valence-electron chi connectivity index (χ4n) is 2.79. The molecule has 0 aromatic carbocycles. The molecule has 0 atom stereocenters. The van der Waals surface area contributed by atoms with Gasteiger partial charge in [-0.05, 0) is 24.3 Å². The summed E-state index contributed by atoms with van der Waals surface area (Å²) in [5.41, 5.74) is 2.20. The van der Waals surface area contributed by atoms with Gasteiger partial charge in [-0.3, -0.25) is 4.79 Å². The minimum Gasteiger partial charge on any atom is -0.382 e. The van der Waals surface area contributed by atoms with E-state index in [2.05, 4.69) is 18.4 Å². The number of nitrogens with zero attached hydrogens (tertiary/aromatic N) is 1. The highest BCUT2D eigenvalue weighted by atomic mass is 16.5. The van der Waals surface area contributed by atoms with Crippen molar-refractivity contribution in [2.24, 2.45) is 5.41 Å². The van der Waals surface area contributed by atoms with Gasteiger partial charge >= 0.3 is 0 Å². The van der Waals surface area contributed by atoms with Crippen molar-refractivity contribution >= 4 is 5.78 Å². The molecule has 0 radical (unpaired) electrons. The molecule has 1 aliphatic carbocycles. The maximum atomic E-state index is 12.1. The SMILES string of the molecule is COCCOCCCn1ccc2c1CC(C)(C)CC2=O. The van der Waals surface area contributed by atoms with Gasteiger partial charge in [-0.1, -0.05) is 13.8 Å². The fourth-order valence-corrected chi connectivity index (χ4v) is 2.79. The third-order valence-electron chi connectivity index (χ3n) is 3.78. The van der Waals surface area contributed by atoms with Gasteiger partial charge < -0.3 is 14.0 Å². The maximum Gasteiger partial charge on any atom is 0.165 e. The third-order valence-corrected chi connectivity index (χ3v) is 3.78. The summed E-state index contributed by atoms with van der Waals surface area (Å²) in [7, 11) is 1.67. The van der Waals surface area contributed by atoms with Crippen LogP contribution in [0.5, 0.6) is 0 Å². The Morgan fingerprint density at radius 2 is 2.05 bits per heavy atom. The van der Waals surface area contributed by atoms with E-state index in [1.165, 1.54) is 5.69 Å². The quantitative estimate of drug-likeness (QED) is 0.721. The molecule has 0 aliphatic heterocycles. The highest BCUT2D eigenvalue weighted by Gasteiger charge is 2.32. The number of hydrogen-bond acceptors (Lipinski definition) is 3. The van der Waals surface area contributed by atoms with E-state index in [-0.39, 0.29) is 11.2 Å². The number of rotatable bonds is 7. The summed E-state index contributed by atoms with van der Waals surface area (Å²) in [6, 6.07) is 1.97. The molecule has 4 nitrogen and oxygen atoms in total. The lowest BCUT2D eigenvalue weighted by atomic mass is 9.76. The minimum absolute atomic E-state index is 0.0785. The van der Waals surface area contributed by atoms with Crippen LogP contribution in [0.4, 0.5) is 0 Å². The van der Waals surface area contributed by atoms with Crippen LogP contribution in [0.2, 0.25) is 0 Å². The molecule has 112 valence electrons. The summed E-state index contributed by atoms with van der Waals surface area (Å²) in [5.74, 6) is 0.284. The lowest BCUT2D eigenvalue weighted by Gasteiger charge is -2.29. The number of Topliss-reactive ketones (excluding diaryl/α,β-unsaturated/α-hetero) is 1. The van der Waals surface area contributed by atoms with Crippen LogP contribution in [0.25, 0.3) is 0 Å². The van der Waals surface area contributed by atoms with E-state index < -0.39 is 0 Å². The van der Waals surface area contributed by atoms with Crippen molar-refractivity contribution in [3.8, 4) is 0 Å². The zero-order valence-electron chi connectivity index (χ0n) is 12.8. The van der Waals surface area contributed by atoms with Crippen LogP contribution in [-0.2, 0) is 22.4 Å². The second kappa shape index (κ2) is 6.55. The predicted molar refractivity (Wildman–Crippen MR) is 78.2 cm³/mol. The number of carbonyl (C=O) groups excluding carboxylic acids is 1. The largest absolute Gasteiger partial charge is 0.382 e. The van der Waals surface area contributed by atoms with Crippen LogP contribution in [-0.4, -0.2) is 37.3 Å². The average molecular weight is 279 g/mol. The van der Waals surface area contributed by atoms with Crippen molar-refractivity contribution in [1.29, 1.82) is 0 Å². The van der Waals surface area contributed by atoms with Crippen LogP contribution < -0.4 is 0 Å². The molecular formula is C16H25NO3. The van der Waals surface area contributed by atoms with Gasteiger partial charge in [0.25, 0.3) is 0 Å². The Labute approximate surface area is 121 Å². The Morgan fingerprint density at radius 3 is 2.80 bits per heavy atom. The van der Waals surface area contributed by atoms with Crippen LogP contribution >= 0.6 is 0 Å². The summed E-state index contributed by atoms with van der Waals surface area (Å²) < 4.78 is 12.6. The molecule has 1 aliphatic rings. The third kappa shape index (κ3) is 3.70. The van der Waals surface area contributed by atoms with E-state index >= 15 is 0 Å². The first kappa shape index (κ1) is 15.3. The van der Waals surface area contributed by atoms with E-state index in [0.717, 1.165) is 31.6 Å². The van der Waals surface area contributed by atoms with E-state index in [4.69, 9.17) is 9.47 Å². The van der Waals surface area contributed by atoms with Gasteiger partial charge in [0, 0.05) is 44.1 Å². The van der Waals surface area contributed by atoms with E-state index in [1.54, 1.807) is 7.11 Å². The normalized spacial score (nSPS) is 17.2. The van der Waals surface area contributed by atoms with Gasteiger partial charge in [0.2, 0.25) is 0 Å². The minimum atomic E-state index is 0.0785. The van der Waals surface area contributed by atoms with Gasteiger partial charge in [-0.15, -0.1) is 0 Å². The molecule has 2 rings (SSSR count). The number of hydrogen-bond donors (Lipinski definition) is 0. The van der Waals surface area contributed by atoms with Crippen molar-refractivity contribution < 1.29 is 14.3 Å². The second-order valence-electron chi connectivity index (χ2n) is 6.27. The number of methoxy groups -OCH3 is 1. The Balaban J connectivity index is 1.89. The number of ketones is 1. The van der Waals surface area contributed by atoms with Gasteiger partial charge in [0.15, 0.2) is 5.78 Å². The number of fused-ring (bicyclic) bond motifs is 1. The Morgan fingerprint density at radius 1 is 1.25 bits per heavy atom. The van der Waals surface area contributed by atoms with Crippen LogP contribution in [0.1, 0.15) is 42.7 Å². The number of aryl methyl sites for hydroxylation is 1. The first-order valence-electron chi connectivity index (χ1n) is 7.31. The van der Waals surface area contributed by atoms with Crippen LogP contribution in [0.3, 0.4) is 0 Å². The molecule has 0 saturated heterocycles. The smallest absolute Gasteiger partial charge is 0.165 e. The van der Waals surface area contributed by atoms with E-state index in [1.807, 2.05) is 12.3 Å². The fraction of sp³-hybridized carbons (Fsp3) is 0.688. The van der Waals surface area contributed by atoms with Crippen molar-refractivity contribution in [3.05, 3.63) is 23.5 Å². The zero-order valence-corrected chi connectivity index (χ0v) is 12.8. The number of carbonyl (C=O) groups is 1. The molecule has 1 heterocycles. The Hall–Kier alpha value is -1.13. The molecule has 0 amide bonds. The average Bonchev–Trinajstić information content (AvgIpc) is 2.75. The van der Waals surface area contributed by atoms with Gasteiger partial charge in [0.1, 0.15) is 0 Å². The van der Waals surface area contributed by atoms with Crippen molar-refractivity contribution in [3.63, 3.8) is 0 Å². The second-order valence-corrected chi connectivity index (χ2v) is 6.27. The molecular weight excluding hydrogens is 254 g/mol. The Bertz CT molecular complexity index is 462. The molecule has 0 unspecified atom stereocenters. The van der Waals surface area contributed by atoms with Gasteiger partial charge in [-0.2, -0.15) is 0 Å². The predicted octanol–water partition coefficient (Wildman–Crippen LogP) is 2.70. The standard InChI is InChI=1S/C16H25NO3/c1-16(2)11-14-13(15(18)12-16)5-7-17(14)6-4-8-20-10-9-19-3/h5,7H,4,6,8-12H2,1-3H3.